The largest absolute Gasteiger partial charge is 0.353 e. The molecule has 0 radical (unpaired) electrons. The van der Waals surface area contributed by atoms with E-state index in [0.29, 0.717) is 41.0 Å². The van der Waals surface area contributed by atoms with Crippen LogP contribution in [0.5, 0.6) is 0 Å². The number of halogens is 2. The van der Waals surface area contributed by atoms with Crippen molar-refractivity contribution in [2.24, 2.45) is 5.73 Å². The van der Waals surface area contributed by atoms with Gasteiger partial charge < -0.3 is 21.4 Å². The van der Waals surface area contributed by atoms with Gasteiger partial charge in [0, 0.05) is 29.9 Å². The lowest BCUT2D eigenvalue weighted by molar-refractivity contribution is -0.127. The van der Waals surface area contributed by atoms with Crippen molar-refractivity contribution in [2.75, 3.05) is 11.9 Å². The number of nitrogens with zero attached hydrogens (tertiary/aromatic N) is 3. The van der Waals surface area contributed by atoms with Crippen LogP contribution in [0.25, 0.3) is 22.4 Å². The zero-order chi connectivity index (χ0) is 18.3. The Morgan fingerprint density at radius 2 is 2.19 bits per heavy atom. The smallest absolute Gasteiger partial charge is 0.260 e. The number of anilines is 1. The van der Waals surface area contributed by atoms with Crippen LogP contribution < -0.4 is 16.4 Å². The summed E-state index contributed by atoms with van der Waals surface area (Å²) in [6.45, 7) is 0.542. The SMILES string of the molecule is N[C@]1(Nc2nc(-c3c[nH]c4ncc(Cl)cc34)ncc2F)CCCNC1=O. The summed E-state index contributed by atoms with van der Waals surface area (Å²) < 4.78 is 14.2. The first-order valence-corrected chi connectivity index (χ1v) is 8.35. The number of fused-ring (bicyclic) bond motifs is 1. The minimum atomic E-state index is -1.42. The molecule has 1 saturated heterocycles. The monoisotopic (exact) mass is 375 g/mol. The maximum atomic E-state index is 14.2. The number of nitrogens with two attached hydrogens (primary N) is 1. The van der Waals surface area contributed by atoms with E-state index in [1.54, 1.807) is 12.3 Å². The fraction of sp³-hybridized carbons (Fsp3) is 0.250. The first kappa shape index (κ1) is 16.7. The highest BCUT2D eigenvalue weighted by Crippen LogP contribution is 2.29. The summed E-state index contributed by atoms with van der Waals surface area (Å²) in [7, 11) is 0. The van der Waals surface area contributed by atoms with Gasteiger partial charge in [0.1, 0.15) is 5.65 Å². The summed E-state index contributed by atoms with van der Waals surface area (Å²) in [5.74, 6) is -0.984. The van der Waals surface area contributed by atoms with E-state index in [-0.39, 0.29) is 11.6 Å². The highest BCUT2D eigenvalue weighted by atomic mass is 35.5. The number of piperidine rings is 1. The third-order valence-corrected chi connectivity index (χ3v) is 4.47. The number of aromatic nitrogens is 4. The zero-order valence-electron chi connectivity index (χ0n) is 13.5. The number of pyridine rings is 1. The van der Waals surface area contributed by atoms with Crippen molar-refractivity contribution in [1.29, 1.82) is 0 Å². The predicted octanol–water partition coefficient (Wildman–Crippen LogP) is 1.79. The van der Waals surface area contributed by atoms with Gasteiger partial charge in [-0.15, -0.1) is 0 Å². The van der Waals surface area contributed by atoms with Gasteiger partial charge in [0.2, 0.25) is 0 Å². The Labute approximate surface area is 152 Å². The maximum Gasteiger partial charge on any atom is 0.260 e. The minimum Gasteiger partial charge on any atom is -0.353 e. The fourth-order valence-corrected chi connectivity index (χ4v) is 3.08. The molecule has 4 heterocycles. The van der Waals surface area contributed by atoms with E-state index < -0.39 is 17.4 Å². The molecule has 3 aromatic rings. The highest BCUT2D eigenvalue weighted by Gasteiger charge is 2.37. The van der Waals surface area contributed by atoms with Crippen LogP contribution in [0.3, 0.4) is 0 Å². The summed E-state index contributed by atoms with van der Waals surface area (Å²) in [5.41, 5.74) is 5.89. The lowest BCUT2D eigenvalue weighted by Crippen LogP contribution is -2.62. The Morgan fingerprint density at radius 1 is 1.35 bits per heavy atom. The quantitative estimate of drug-likeness (QED) is 0.518. The second-order valence-electron chi connectivity index (χ2n) is 6.10. The van der Waals surface area contributed by atoms with Gasteiger partial charge in [-0.1, -0.05) is 11.6 Å². The summed E-state index contributed by atoms with van der Waals surface area (Å²) in [6, 6.07) is 1.72. The summed E-state index contributed by atoms with van der Waals surface area (Å²) >= 11 is 6.00. The topological polar surface area (TPSA) is 122 Å². The molecule has 3 aromatic heterocycles. The highest BCUT2D eigenvalue weighted by molar-refractivity contribution is 6.31. The molecular weight excluding hydrogens is 361 g/mol. The summed E-state index contributed by atoms with van der Waals surface area (Å²) in [6.07, 6.45) is 5.26. The van der Waals surface area contributed by atoms with E-state index in [9.17, 15) is 9.18 Å². The van der Waals surface area contributed by atoms with E-state index >= 15 is 0 Å². The zero-order valence-corrected chi connectivity index (χ0v) is 14.3. The van der Waals surface area contributed by atoms with Gasteiger partial charge in [0.05, 0.1) is 11.2 Å². The lowest BCUT2D eigenvalue weighted by Gasteiger charge is -2.33. The molecule has 134 valence electrons. The van der Waals surface area contributed by atoms with Crippen molar-refractivity contribution in [3.63, 3.8) is 0 Å². The third-order valence-electron chi connectivity index (χ3n) is 4.26. The van der Waals surface area contributed by atoms with Crippen LogP contribution in [0.1, 0.15) is 12.8 Å². The molecule has 0 aromatic carbocycles. The van der Waals surface area contributed by atoms with Crippen molar-refractivity contribution < 1.29 is 9.18 Å². The Morgan fingerprint density at radius 3 is 3.00 bits per heavy atom. The molecule has 1 fully saturated rings. The Kier molecular flexibility index (Phi) is 3.97. The molecule has 1 aliphatic rings. The van der Waals surface area contributed by atoms with Crippen LogP contribution in [0, 0.1) is 5.82 Å². The van der Waals surface area contributed by atoms with E-state index in [1.807, 2.05) is 0 Å². The van der Waals surface area contributed by atoms with Crippen LogP contribution in [0.4, 0.5) is 10.2 Å². The van der Waals surface area contributed by atoms with E-state index in [1.165, 1.54) is 6.20 Å². The van der Waals surface area contributed by atoms with E-state index in [2.05, 4.69) is 30.6 Å². The number of hydrogen-bond acceptors (Lipinski definition) is 6. The molecule has 0 aliphatic carbocycles. The first-order chi connectivity index (χ1) is 12.5. The first-order valence-electron chi connectivity index (χ1n) is 7.97. The van der Waals surface area contributed by atoms with Crippen LogP contribution in [-0.4, -0.2) is 38.1 Å². The fourth-order valence-electron chi connectivity index (χ4n) is 2.92. The van der Waals surface area contributed by atoms with Gasteiger partial charge in [-0.3, -0.25) is 4.79 Å². The average molecular weight is 376 g/mol. The molecule has 0 bridgehead atoms. The van der Waals surface area contributed by atoms with Crippen molar-refractivity contribution >= 4 is 34.4 Å². The van der Waals surface area contributed by atoms with Crippen LogP contribution in [0.15, 0.2) is 24.7 Å². The number of rotatable bonds is 3. The van der Waals surface area contributed by atoms with Crippen molar-refractivity contribution in [3.05, 3.63) is 35.5 Å². The second-order valence-corrected chi connectivity index (χ2v) is 6.53. The van der Waals surface area contributed by atoms with Crippen molar-refractivity contribution in [3.8, 4) is 11.4 Å². The molecule has 0 spiro atoms. The van der Waals surface area contributed by atoms with Gasteiger partial charge in [-0.25, -0.2) is 19.3 Å². The van der Waals surface area contributed by atoms with Gasteiger partial charge >= 0.3 is 0 Å². The number of carbonyl (C=O) groups excluding carboxylic acids is 1. The summed E-state index contributed by atoms with van der Waals surface area (Å²) in [4.78, 5) is 27.5. The number of nitrogens with one attached hydrogen (secondary N) is 3. The molecule has 0 saturated carbocycles. The Balaban J connectivity index is 1.74. The molecule has 5 N–H and O–H groups in total. The molecule has 26 heavy (non-hydrogen) atoms. The Bertz CT molecular complexity index is 1010. The van der Waals surface area contributed by atoms with Gasteiger partial charge in [-0.2, -0.15) is 0 Å². The van der Waals surface area contributed by atoms with Crippen LogP contribution in [-0.2, 0) is 4.79 Å². The second kappa shape index (κ2) is 6.19. The van der Waals surface area contributed by atoms with Gasteiger partial charge in [0.25, 0.3) is 5.91 Å². The normalized spacial score (nSPS) is 20.2. The third kappa shape index (κ3) is 2.85. The molecule has 0 unspecified atom stereocenters. The molecule has 8 nitrogen and oxygen atoms in total. The van der Waals surface area contributed by atoms with E-state index in [4.69, 9.17) is 17.3 Å². The number of H-pyrrole nitrogens is 1. The number of carbonyl (C=O) groups is 1. The lowest BCUT2D eigenvalue weighted by atomic mass is 10.00. The Hall–Kier alpha value is -2.78. The van der Waals surface area contributed by atoms with Crippen molar-refractivity contribution in [2.45, 2.75) is 18.5 Å². The minimum absolute atomic E-state index is 0.140. The predicted molar refractivity (Wildman–Crippen MR) is 94.9 cm³/mol. The van der Waals surface area contributed by atoms with Crippen LogP contribution in [0.2, 0.25) is 5.02 Å². The summed E-state index contributed by atoms with van der Waals surface area (Å²) in [5, 5.41) is 6.55. The average Bonchev–Trinajstić information content (AvgIpc) is 3.03. The van der Waals surface area contributed by atoms with Gasteiger partial charge in [-0.05, 0) is 18.9 Å². The van der Waals surface area contributed by atoms with Crippen LogP contribution >= 0.6 is 11.6 Å². The molecule has 4 rings (SSSR count). The van der Waals surface area contributed by atoms with Gasteiger partial charge in [0.15, 0.2) is 23.1 Å². The standard InChI is InChI=1S/C16H15ClFN7O/c17-8-4-9-10(6-22-12(9)21-5-8)13-23-7-11(18)14(24-13)25-16(19)2-1-3-20-15(16)26/h4-7H,1-3,19H2,(H,20,26)(H,21,22)(H,23,24,25)/t16-/m0/s1. The molecular formula is C16H15ClFN7O. The molecule has 1 amide bonds. The number of amides is 1. The van der Waals surface area contributed by atoms with E-state index in [0.717, 1.165) is 6.20 Å². The molecule has 1 aliphatic heterocycles. The molecule has 10 heteroatoms. The number of aromatic amines is 1. The molecule has 1 atom stereocenters. The number of hydrogen-bond donors (Lipinski definition) is 4. The maximum absolute atomic E-state index is 14.2. The van der Waals surface area contributed by atoms with Crippen molar-refractivity contribution in [1.82, 2.24) is 25.3 Å².